The molecule has 2 rings (SSSR count). The van der Waals surface area contributed by atoms with E-state index in [9.17, 15) is 4.79 Å². The summed E-state index contributed by atoms with van der Waals surface area (Å²) in [4.78, 5) is 17.1. The minimum Gasteiger partial charge on any atom is -0.339 e. The number of nitrogens with one attached hydrogen (secondary N) is 1. The molecule has 0 radical (unpaired) electrons. The third kappa shape index (κ3) is 4.19. The summed E-state index contributed by atoms with van der Waals surface area (Å²) in [6.45, 7) is 9.20. The molecule has 0 saturated carbocycles. The van der Waals surface area contributed by atoms with E-state index >= 15 is 0 Å². The maximum absolute atomic E-state index is 12.6. The van der Waals surface area contributed by atoms with E-state index in [2.05, 4.69) is 29.0 Å². The molecule has 4 nitrogen and oxygen atoms in total. The van der Waals surface area contributed by atoms with Gasteiger partial charge in [-0.1, -0.05) is 6.92 Å². The van der Waals surface area contributed by atoms with Gasteiger partial charge in [-0.15, -0.1) is 0 Å². The van der Waals surface area contributed by atoms with Gasteiger partial charge in [0.1, 0.15) is 0 Å². The molecule has 4 heteroatoms. The molecule has 116 valence electrons. The molecule has 2 atom stereocenters. The summed E-state index contributed by atoms with van der Waals surface area (Å²) < 4.78 is 0. The molecule has 0 aliphatic carbocycles. The average molecular weight is 281 g/mol. The molecule has 0 bridgehead atoms. The van der Waals surface area contributed by atoms with Crippen LogP contribution in [-0.4, -0.2) is 60.5 Å². The second-order valence-corrected chi connectivity index (χ2v) is 6.40. The van der Waals surface area contributed by atoms with E-state index < -0.39 is 0 Å². The van der Waals surface area contributed by atoms with Gasteiger partial charge >= 0.3 is 0 Å². The molecule has 2 aliphatic heterocycles. The van der Waals surface area contributed by atoms with Gasteiger partial charge in [0.2, 0.25) is 5.91 Å². The minimum absolute atomic E-state index is 0.344. The maximum atomic E-state index is 12.6. The number of amides is 1. The van der Waals surface area contributed by atoms with Crippen LogP contribution in [0.3, 0.4) is 0 Å². The van der Waals surface area contributed by atoms with Gasteiger partial charge in [0.15, 0.2) is 0 Å². The third-order valence-corrected chi connectivity index (χ3v) is 4.76. The zero-order chi connectivity index (χ0) is 14.4. The quantitative estimate of drug-likeness (QED) is 0.835. The number of rotatable bonds is 5. The van der Waals surface area contributed by atoms with E-state index in [4.69, 9.17) is 0 Å². The van der Waals surface area contributed by atoms with Gasteiger partial charge < -0.3 is 10.2 Å². The van der Waals surface area contributed by atoms with Crippen molar-refractivity contribution in [2.24, 2.45) is 0 Å². The molecule has 0 aromatic rings. The van der Waals surface area contributed by atoms with Crippen molar-refractivity contribution in [3.63, 3.8) is 0 Å². The predicted octanol–water partition coefficient (Wildman–Crippen LogP) is 1.85. The van der Waals surface area contributed by atoms with Crippen LogP contribution in [0.2, 0.25) is 0 Å². The fourth-order valence-corrected chi connectivity index (χ4v) is 3.56. The van der Waals surface area contributed by atoms with E-state index in [-0.39, 0.29) is 0 Å². The van der Waals surface area contributed by atoms with E-state index in [1.165, 1.54) is 32.1 Å². The Hall–Kier alpha value is -0.610. The summed E-state index contributed by atoms with van der Waals surface area (Å²) in [7, 11) is 0. The molecule has 0 spiro atoms. The zero-order valence-electron chi connectivity index (χ0n) is 13.2. The molecule has 2 unspecified atom stereocenters. The second kappa shape index (κ2) is 7.99. The summed E-state index contributed by atoms with van der Waals surface area (Å²) in [6, 6.07) is 0.983. The molecule has 2 heterocycles. The van der Waals surface area contributed by atoms with Crippen LogP contribution in [0.5, 0.6) is 0 Å². The van der Waals surface area contributed by atoms with Crippen LogP contribution in [0.4, 0.5) is 0 Å². The van der Waals surface area contributed by atoms with E-state index in [1.54, 1.807) is 0 Å². The van der Waals surface area contributed by atoms with Crippen LogP contribution in [0, 0.1) is 0 Å². The molecule has 20 heavy (non-hydrogen) atoms. The number of carbonyl (C=O) groups excluding carboxylic acids is 1. The van der Waals surface area contributed by atoms with Gasteiger partial charge in [0.25, 0.3) is 0 Å². The lowest BCUT2D eigenvalue weighted by molar-refractivity contribution is -0.136. The highest BCUT2D eigenvalue weighted by Gasteiger charge is 2.27. The highest BCUT2D eigenvalue weighted by molar-refractivity contribution is 5.78. The molecule has 2 aliphatic rings. The van der Waals surface area contributed by atoms with Crippen LogP contribution in [0.1, 0.15) is 52.4 Å². The molecule has 2 saturated heterocycles. The first-order valence-corrected chi connectivity index (χ1v) is 8.46. The minimum atomic E-state index is 0.344. The van der Waals surface area contributed by atoms with Crippen LogP contribution in [0.25, 0.3) is 0 Å². The molecule has 0 aromatic heterocycles. The Kier molecular flexibility index (Phi) is 6.30. The van der Waals surface area contributed by atoms with E-state index in [0.717, 1.165) is 32.6 Å². The van der Waals surface area contributed by atoms with Gasteiger partial charge in [0.05, 0.1) is 6.54 Å². The summed E-state index contributed by atoms with van der Waals surface area (Å²) in [5.74, 6) is 0.344. The first-order valence-electron chi connectivity index (χ1n) is 8.46. The van der Waals surface area contributed by atoms with Crippen molar-refractivity contribution in [3.05, 3.63) is 0 Å². The van der Waals surface area contributed by atoms with E-state index in [0.29, 0.717) is 24.5 Å². The van der Waals surface area contributed by atoms with Gasteiger partial charge in [-0.05, 0) is 58.5 Å². The predicted molar refractivity (Wildman–Crippen MR) is 82.8 cm³/mol. The van der Waals surface area contributed by atoms with Gasteiger partial charge in [0, 0.05) is 25.2 Å². The van der Waals surface area contributed by atoms with Crippen molar-refractivity contribution in [1.82, 2.24) is 15.1 Å². The summed E-state index contributed by atoms with van der Waals surface area (Å²) in [6.07, 6.45) is 7.21. The average Bonchev–Trinajstić information content (AvgIpc) is 2.48. The number of likely N-dealkylation sites (tertiary alicyclic amines) is 1. The number of hydrogen-bond donors (Lipinski definition) is 1. The van der Waals surface area contributed by atoms with Crippen LogP contribution < -0.4 is 5.32 Å². The zero-order valence-corrected chi connectivity index (χ0v) is 13.2. The Morgan fingerprint density at radius 2 is 2.15 bits per heavy atom. The molecule has 1 amide bonds. The SMILES string of the molecule is CCCN(CC(=O)N1CCCCC1C)C1CCCNC1. The lowest BCUT2D eigenvalue weighted by Crippen LogP contribution is -2.52. The van der Waals surface area contributed by atoms with Crippen molar-refractivity contribution in [2.45, 2.75) is 64.5 Å². The lowest BCUT2D eigenvalue weighted by Gasteiger charge is -2.38. The largest absolute Gasteiger partial charge is 0.339 e. The van der Waals surface area contributed by atoms with Gasteiger partial charge in [-0.25, -0.2) is 0 Å². The summed E-state index contributed by atoms with van der Waals surface area (Å²) in [5, 5.41) is 3.47. The fourth-order valence-electron chi connectivity index (χ4n) is 3.56. The second-order valence-electron chi connectivity index (χ2n) is 6.40. The first kappa shape index (κ1) is 15.8. The van der Waals surface area contributed by atoms with Crippen LogP contribution in [0.15, 0.2) is 0 Å². The Morgan fingerprint density at radius 3 is 2.80 bits per heavy atom. The third-order valence-electron chi connectivity index (χ3n) is 4.76. The topological polar surface area (TPSA) is 35.6 Å². The monoisotopic (exact) mass is 281 g/mol. The Morgan fingerprint density at radius 1 is 1.30 bits per heavy atom. The van der Waals surface area contributed by atoms with Crippen LogP contribution in [-0.2, 0) is 4.79 Å². The number of hydrogen-bond acceptors (Lipinski definition) is 3. The smallest absolute Gasteiger partial charge is 0.236 e. The van der Waals surface area contributed by atoms with Crippen LogP contribution >= 0.6 is 0 Å². The molecule has 2 fully saturated rings. The summed E-state index contributed by atoms with van der Waals surface area (Å²) in [5.41, 5.74) is 0. The molecular formula is C16H31N3O. The molecule has 1 N–H and O–H groups in total. The fraction of sp³-hybridized carbons (Fsp3) is 0.938. The highest BCUT2D eigenvalue weighted by Crippen LogP contribution is 2.18. The number of carbonyl (C=O) groups is 1. The maximum Gasteiger partial charge on any atom is 0.236 e. The lowest BCUT2D eigenvalue weighted by atomic mass is 10.0. The number of piperidine rings is 2. The Balaban J connectivity index is 1.90. The van der Waals surface area contributed by atoms with Crippen molar-refractivity contribution in [3.8, 4) is 0 Å². The van der Waals surface area contributed by atoms with Crippen molar-refractivity contribution in [2.75, 3.05) is 32.7 Å². The highest BCUT2D eigenvalue weighted by atomic mass is 16.2. The van der Waals surface area contributed by atoms with Gasteiger partial charge in [-0.2, -0.15) is 0 Å². The first-order chi connectivity index (χ1) is 9.72. The van der Waals surface area contributed by atoms with E-state index in [1.807, 2.05) is 0 Å². The normalized spacial score (nSPS) is 27.9. The van der Waals surface area contributed by atoms with Crippen molar-refractivity contribution >= 4 is 5.91 Å². The standard InChI is InChI=1S/C16H31N3O/c1-3-10-18(15-8-6-9-17-12-15)13-16(20)19-11-5-4-7-14(19)2/h14-15,17H,3-13H2,1-2H3. The Bertz CT molecular complexity index is 302. The molecule has 0 aromatic carbocycles. The van der Waals surface area contributed by atoms with Gasteiger partial charge in [-0.3, -0.25) is 9.69 Å². The summed E-state index contributed by atoms with van der Waals surface area (Å²) >= 11 is 0. The molecular weight excluding hydrogens is 250 g/mol. The van der Waals surface area contributed by atoms with Crippen molar-refractivity contribution in [1.29, 1.82) is 0 Å². The van der Waals surface area contributed by atoms with Crippen molar-refractivity contribution < 1.29 is 4.79 Å². The Labute approximate surface area is 123 Å². The number of nitrogens with zero attached hydrogens (tertiary/aromatic N) is 2.